The van der Waals surface area contributed by atoms with Crippen LogP contribution in [0.4, 0.5) is 0 Å². The Labute approximate surface area is 99.4 Å². The minimum absolute atomic E-state index is 0.0922. The molecule has 1 aliphatic heterocycles. The van der Waals surface area contributed by atoms with E-state index in [1.165, 1.54) is 0 Å². The van der Waals surface area contributed by atoms with Gasteiger partial charge < -0.3 is 0 Å². The van der Waals surface area contributed by atoms with Crippen molar-refractivity contribution in [1.82, 2.24) is 4.72 Å². The number of sulfonamides is 1. The first kappa shape index (κ1) is 10.5. The van der Waals surface area contributed by atoms with Crippen molar-refractivity contribution in [3.63, 3.8) is 0 Å². The highest BCUT2D eigenvalue weighted by molar-refractivity contribution is 7.90. The Morgan fingerprint density at radius 1 is 1.06 bits per heavy atom. The minimum Gasteiger partial charge on any atom is -0.269 e. The first-order chi connectivity index (χ1) is 8.07. The second-order valence-electron chi connectivity index (χ2n) is 4.30. The Balaban J connectivity index is 2.23. The molecule has 1 aliphatic carbocycles. The van der Waals surface area contributed by atoms with Crippen molar-refractivity contribution in [2.75, 3.05) is 5.75 Å². The third-order valence-electron chi connectivity index (χ3n) is 3.21. The van der Waals surface area contributed by atoms with E-state index >= 15 is 0 Å². The molecule has 1 heterocycles. The van der Waals surface area contributed by atoms with Crippen LogP contribution < -0.4 is 4.72 Å². The summed E-state index contributed by atoms with van der Waals surface area (Å²) in [4.78, 5) is 11.7. The van der Waals surface area contributed by atoms with Crippen molar-refractivity contribution in [2.24, 2.45) is 0 Å². The van der Waals surface area contributed by atoms with Crippen LogP contribution in [0.3, 0.4) is 0 Å². The molecule has 1 aromatic rings. The van der Waals surface area contributed by atoms with Gasteiger partial charge in [-0.3, -0.25) is 4.79 Å². The zero-order valence-corrected chi connectivity index (χ0v) is 9.88. The van der Waals surface area contributed by atoms with Crippen molar-refractivity contribution in [1.29, 1.82) is 0 Å². The predicted molar refractivity (Wildman–Crippen MR) is 63.6 cm³/mol. The van der Waals surface area contributed by atoms with Crippen LogP contribution in [0.5, 0.6) is 0 Å². The highest BCUT2D eigenvalue weighted by Gasteiger charge is 2.32. The van der Waals surface area contributed by atoms with Crippen LogP contribution >= 0.6 is 0 Å². The summed E-state index contributed by atoms with van der Waals surface area (Å²) in [7, 11) is -3.50. The number of nitrogens with one attached hydrogen (secondary N) is 1. The number of aryl methyl sites for hydroxylation is 1. The molecule has 3 rings (SSSR count). The molecule has 2 aliphatic rings. The normalized spacial score (nSPS) is 21.5. The minimum atomic E-state index is -3.50. The summed E-state index contributed by atoms with van der Waals surface area (Å²) >= 11 is 0. The van der Waals surface area contributed by atoms with Gasteiger partial charge in [0.2, 0.25) is 10.0 Å². The first-order valence-electron chi connectivity index (χ1n) is 5.42. The summed E-state index contributed by atoms with van der Waals surface area (Å²) in [6, 6.07) is 7.67. The molecule has 0 unspecified atom stereocenters. The molecule has 4 nitrogen and oxygen atoms in total. The highest BCUT2D eigenvalue weighted by Crippen LogP contribution is 2.34. The number of hydrogen-bond donors (Lipinski definition) is 1. The van der Waals surface area contributed by atoms with Gasteiger partial charge in [0.05, 0.1) is 5.75 Å². The smallest absolute Gasteiger partial charge is 0.260 e. The van der Waals surface area contributed by atoms with Crippen LogP contribution in [0.2, 0.25) is 0 Å². The van der Waals surface area contributed by atoms with E-state index in [4.69, 9.17) is 0 Å². The van der Waals surface area contributed by atoms with Crippen molar-refractivity contribution in [3.8, 4) is 0 Å². The maximum Gasteiger partial charge on any atom is 0.260 e. The Morgan fingerprint density at radius 2 is 1.82 bits per heavy atom. The van der Waals surface area contributed by atoms with Crippen LogP contribution in [0.25, 0.3) is 5.57 Å². The summed E-state index contributed by atoms with van der Waals surface area (Å²) in [5.74, 6) is -0.550. The van der Waals surface area contributed by atoms with Crippen LogP contribution in [0, 0.1) is 0 Å². The lowest BCUT2D eigenvalue weighted by Crippen LogP contribution is -2.40. The number of hydrogen-bond acceptors (Lipinski definition) is 3. The van der Waals surface area contributed by atoms with Gasteiger partial charge in [-0.1, -0.05) is 24.3 Å². The van der Waals surface area contributed by atoms with E-state index in [1.807, 2.05) is 24.3 Å². The number of amides is 1. The zero-order chi connectivity index (χ0) is 12.0. The van der Waals surface area contributed by atoms with Gasteiger partial charge in [0.1, 0.15) is 0 Å². The molecule has 0 radical (unpaired) electrons. The number of fused-ring (bicyclic) bond motifs is 2. The van der Waals surface area contributed by atoms with E-state index in [9.17, 15) is 13.2 Å². The van der Waals surface area contributed by atoms with E-state index in [2.05, 4.69) is 4.72 Å². The maximum atomic E-state index is 11.7. The fourth-order valence-corrected chi connectivity index (χ4v) is 3.64. The summed E-state index contributed by atoms with van der Waals surface area (Å²) in [6.07, 6.45) is 1.41. The quantitative estimate of drug-likeness (QED) is 0.741. The van der Waals surface area contributed by atoms with Crippen molar-refractivity contribution < 1.29 is 13.2 Å². The summed E-state index contributed by atoms with van der Waals surface area (Å²) < 4.78 is 25.2. The second-order valence-corrected chi connectivity index (χ2v) is 6.03. The number of carbonyl (C=O) groups is 1. The van der Waals surface area contributed by atoms with E-state index in [0.717, 1.165) is 17.5 Å². The van der Waals surface area contributed by atoms with E-state index < -0.39 is 15.9 Å². The lowest BCUT2D eigenvalue weighted by Gasteiger charge is -2.26. The summed E-state index contributed by atoms with van der Waals surface area (Å²) in [5.41, 5.74) is 3.33. The number of carbonyl (C=O) groups excluding carboxylic acids is 1. The molecule has 5 heteroatoms. The van der Waals surface area contributed by atoms with Gasteiger partial charge in [-0.2, -0.15) is 0 Å². The van der Waals surface area contributed by atoms with E-state index in [0.29, 0.717) is 17.6 Å². The third-order valence-corrected chi connectivity index (χ3v) is 4.37. The monoisotopic (exact) mass is 249 g/mol. The number of rotatable bonds is 0. The molecule has 0 aromatic heterocycles. The fourth-order valence-electron chi connectivity index (χ4n) is 2.45. The van der Waals surface area contributed by atoms with E-state index in [1.54, 1.807) is 0 Å². The molecule has 88 valence electrons. The average molecular weight is 249 g/mol. The van der Waals surface area contributed by atoms with Crippen molar-refractivity contribution >= 4 is 21.5 Å². The molecule has 17 heavy (non-hydrogen) atoms. The molecule has 1 N–H and O–H groups in total. The van der Waals surface area contributed by atoms with Gasteiger partial charge in [-0.15, -0.1) is 0 Å². The van der Waals surface area contributed by atoms with E-state index in [-0.39, 0.29) is 5.75 Å². The van der Waals surface area contributed by atoms with Crippen molar-refractivity contribution in [2.45, 2.75) is 12.8 Å². The largest absolute Gasteiger partial charge is 0.269 e. The van der Waals surface area contributed by atoms with Gasteiger partial charge in [0.15, 0.2) is 0 Å². The SMILES string of the molecule is O=C1NS(=O)(=O)CC2=C1CCc1ccccc12. The van der Waals surface area contributed by atoms with Crippen LogP contribution in [0.1, 0.15) is 17.5 Å². The van der Waals surface area contributed by atoms with Gasteiger partial charge in [0.25, 0.3) is 5.91 Å². The third kappa shape index (κ3) is 1.67. The number of benzene rings is 1. The molecule has 1 aromatic carbocycles. The molecule has 0 spiro atoms. The summed E-state index contributed by atoms with van der Waals surface area (Å²) in [5, 5.41) is 0. The molecule has 0 fully saturated rings. The molecule has 1 amide bonds. The molecule has 0 saturated carbocycles. The van der Waals surface area contributed by atoms with Gasteiger partial charge >= 0.3 is 0 Å². The summed E-state index contributed by atoms with van der Waals surface area (Å²) in [6.45, 7) is 0. The molecule has 0 saturated heterocycles. The van der Waals surface area contributed by atoms with Gasteiger partial charge in [-0.25, -0.2) is 13.1 Å². The molecule has 0 bridgehead atoms. The van der Waals surface area contributed by atoms with Gasteiger partial charge in [0, 0.05) is 5.57 Å². The first-order valence-corrected chi connectivity index (χ1v) is 7.07. The fraction of sp³-hybridized carbons (Fsp3) is 0.250. The topological polar surface area (TPSA) is 63.2 Å². The molecular weight excluding hydrogens is 238 g/mol. The maximum absolute atomic E-state index is 11.7. The van der Waals surface area contributed by atoms with Crippen LogP contribution in [-0.2, 0) is 21.2 Å². The zero-order valence-electron chi connectivity index (χ0n) is 9.06. The Hall–Kier alpha value is -1.62. The standard InChI is InChI=1S/C12H11NO3S/c14-12-10-6-5-8-3-1-2-4-9(8)11(10)7-17(15,16)13-12/h1-4H,5-7H2,(H,13,14). The van der Waals surface area contributed by atoms with Crippen LogP contribution in [-0.4, -0.2) is 20.1 Å². The average Bonchev–Trinajstić information content (AvgIpc) is 2.27. The Kier molecular flexibility index (Phi) is 2.13. The van der Waals surface area contributed by atoms with Gasteiger partial charge in [-0.05, 0) is 29.5 Å². The Bertz CT molecular complexity index is 643. The van der Waals surface area contributed by atoms with Crippen molar-refractivity contribution in [3.05, 3.63) is 41.0 Å². The lowest BCUT2D eigenvalue weighted by molar-refractivity contribution is -0.116. The highest BCUT2D eigenvalue weighted by atomic mass is 32.2. The lowest BCUT2D eigenvalue weighted by atomic mass is 9.86. The second kappa shape index (κ2) is 3.43. The van der Waals surface area contributed by atoms with Crippen LogP contribution in [0.15, 0.2) is 29.8 Å². The molecular formula is C12H11NO3S. The Morgan fingerprint density at radius 3 is 2.65 bits per heavy atom. The molecule has 0 atom stereocenters. The predicted octanol–water partition coefficient (Wildman–Crippen LogP) is 0.846.